The number of nitrogens with one attached hydrogen (secondary N) is 1. The van der Waals surface area contributed by atoms with E-state index in [-0.39, 0.29) is 11.8 Å². The molecular weight excluding hydrogens is 340 g/mol. The van der Waals surface area contributed by atoms with Crippen LogP contribution in [0.2, 0.25) is 0 Å². The molecule has 0 radical (unpaired) electrons. The molecule has 2 aromatic rings. The van der Waals surface area contributed by atoms with Gasteiger partial charge in [0.05, 0.1) is 17.9 Å². The Morgan fingerprint density at radius 1 is 1.11 bits per heavy atom. The van der Waals surface area contributed by atoms with E-state index in [2.05, 4.69) is 12.2 Å². The minimum absolute atomic E-state index is 0.0270. The molecule has 0 aliphatic carbocycles. The number of anilines is 1. The predicted octanol–water partition coefficient (Wildman–Crippen LogP) is 4.21. The molecule has 1 aliphatic heterocycles. The van der Waals surface area contributed by atoms with Crippen molar-refractivity contribution in [2.24, 2.45) is 5.92 Å². The van der Waals surface area contributed by atoms with Crippen molar-refractivity contribution in [1.82, 2.24) is 4.90 Å². The first-order valence-corrected chi connectivity index (χ1v) is 9.51. The highest BCUT2D eigenvalue weighted by Gasteiger charge is 2.23. The molecule has 1 saturated heterocycles. The van der Waals surface area contributed by atoms with E-state index in [0.717, 1.165) is 25.9 Å². The molecule has 2 aromatic carbocycles. The van der Waals surface area contributed by atoms with E-state index in [4.69, 9.17) is 4.74 Å². The molecule has 1 fully saturated rings. The van der Waals surface area contributed by atoms with Gasteiger partial charge in [0.15, 0.2) is 0 Å². The average molecular weight is 366 g/mol. The zero-order valence-corrected chi connectivity index (χ0v) is 15.9. The van der Waals surface area contributed by atoms with Gasteiger partial charge in [0.25, 0.3) is 11.8 Å². The summed E-state index contributed by atoms with van der Waals surface area (Å²) in [6.45, 7) is 6.18. The molecule has 27 heavy (non-hydrogen) atoms. The van der Waals surface area contributed by atoms with Crippen molar-refractivity contribution in [3.8, 4) is 5.75 Å². The fourth-order valence-electron chi connectivity index (χ4n) is 3.25. The molecule has 5 heteroatoms. The van der Waals surface area contributed by atoms with Gasteiger partial charge in [-0.3, -0.25) is 9.59 Å². The quantitative estimate of drug-likeness (QED) is 0.862. The number of rotatable bonds is 5. The number of carbonyl (C=O) groups excluding carboxylic acids is 2. The maximum atomic E-state index is 12.9. The third-order valence-corrected chi connectivity index (χ3v) is 4.88. The van der Waals surface area contributed by atoms with Crippen LogP contribution in [0, 0.1) is 5.92 Å². The lowest BCUT2D eigenvalue weighted by Crippen LogP contribution is -2.38. The molecule has 0 saturated carbocycles. The van der Waals surface area contributed by atoms with E-state index in [9.17, 15) is 9.59 Å². The Bertz CT molecular complexity index is 811. The third-order valence-electron chi connectivity index (χ3n) is 4.88. The van der Waals surface area contributed by atoms with E-state index in [1.54, 1.807) is 30.3 Å². The molecular formula is C22H26N2O3. The van der Waals surface area contributed by atoms with Gasteiger partial charge >= 0.3 is 0 Å². The van der Waals surface area contributed by atoms with Gasteiger partial charge in [-0.1, -0.05) is 25.1 Å². The van der Waals surface area contributed by atoms with E-state index in [0.29, 0.717) is 35.1 Å². The van der Waals surface area contributed by atoms with E-state index < -0.39 is 0 Å². The van der Waals surface area contributed by atoms with Gasteiger partial charge in [-0.25, -0.2) is 0 Å². The number of likely N-dealkylation sites (tertiary alicyclic amines) is 1. The van der Waals surface area contributed by atoms with Crippen LogP contribution in [-0.2, 0) is 0 Å². The first-order chi connectivity index (χ1) is 13.1. The molecule has 0 bridgehead atoms. The van der Waals surface area contributed by atoms with Crippen molar-refractivity contribution >= 4 is 17.5 Å². The fourth-order valence-corrected chi connectivity index (χ4v) is 3.25. The van der Waals surface area contributed by atoms with Crippen LogP contribution in [-0.4, -0.2) is 36.4 Å². The van der Waals surface area contributed by atoms with Crippen LogP contribution >= 0.6 is 0 Å². The van der Waals surface area contributed by atoms with Crippen LogP contribution in [0.1, 0.15) is 47.4 Å². The third kappa shape index (κ3) is 4.67. The number of hydrogen-bond acceptors (Lipinski definition) is 3. The summed E-state index contributed by atoms with van der Waals surface area (Å²) >= 11 is 0. The minimum atomic E-state index is -0.260. The Kier molecular flexibility index (Phi) is 6.12. The SMILES string of the molecule is CCOc1cccc(C(=O)Nc2ccccc2C(=O)N2CCC(C)CC2)c1. The average Bonchev–Trinajstić information content (AvgIpc) is 2.69. The molecule has 2 amide bonds. The standard InChI is InChI=1S/C22H26N2O3/c1-3-27-18-8-6-7-17(15-18)21(25)23-20-10-5-4-9-19(20)22(26)24-13-11-16(2)12-14-24/h4-10,15-16H,3,11-14H2,1-2H3,(H,23,25). The number of nitrogens with zero attached hydrogens (tertiary/aromatic N) is 1. The number of para-hydroxylation sites is 1. The summed E-state index contributed by atoms with van der Waals surface area (Å²) in [6.07, 6.45) is 2.04. The van der Waals surface area contributed by atoms with Crippen molar-refractivity contribution < 1.29 is 14.3 Å². The summed E-state index contributed by atoms with van der Waals surface area (Å²) < 4.78 is 5.46. The van der Waals surface area contributed by atoms with Crippen LogP contribution in [0.5, 0.6) is 5.75 Å². The Balaban J connectivity index is 1.77. The normalized spacial score (nSPS) is 14.7. The van der Waals surface area contributed by atoms with Gasteiger partial charge in [0.2, 0.25) is 0 Å². The molecule has 5 nitrogen and oxygen atoms in total. The highest BCUT2D eigenvalue weighted by atomic mass is 16.5. The second-order valence-corrected chi connectivity index (χ2v) is 6.94. The summed E-state index contributed by atoms with van der Waals surface area (Å²) in [4.78, 5) is 27.5. The lowest BCUT2D eigenvalue weighted by Gasteiger charge is -2.30. The van der Waals surface area contributed by atoms with Gasteiger partial charge in [0, 0.05) is 18.7 Å². The number of amides is 2. The molecule has 1 N–H and O–H groups in total. The summed E-state index contributed by atoms with van der Waals surface area (Å²) in [7, 11) is 0. The summed E-state index contributed by atoms with van der Waals surface area (Å²) in [6, 6.07) is 14.2. The first-order valence-electron chi connectivity index (χ1n) is 9.51. The van der Waals surface area contributed by atoms with Gasteiger partial charge in [0.1, 0.15) is 5.75 Å². The van der Waals surface area contributed by atoms with Crippen LogP contribution in [0.25, 0.3) is 0 Å². The van der Waals surface area contributed by atoms with E-state index in [1.807, 2.05) is 30.0 Å². The maximum Gasteiger partial charge on any atom is 0.255 e. The number of benzene rings is 2. The Morgan fingerprint density at radius 2 is 1.85 bits per heavy atom. The lowest BCUT2D eigenvalue weighted by atomic mass is 9.98. The number of piperidine rings is 1. The largest absolute Gasteiger partial charge is 0.494 e. The Hall–Kier alpha value is -2.82. The zero-order chi connectivity index (χ0) is 19.2. The zero-order valence-electron chi connectivity index (χ0n) is 15.9. The Morgan fingerprint density at radius 3 is 2.59 bits per heavy atom. The minimum Gasteiger partial charge on any atom is -0.494 e. The number of ether oxygens (including phenoxy) is 1. The van der Waals surface area contributed by atoms with Gasteiger partial charge in [-0.05, 0) is 56.0 Å². The highest BCUT2D eigenvalue weighted by molar-refractivity contribution is 6.09. The predicted molar refractivity (Wildman–Crippen MR) is 106 cm³/mol. The highest BCUT2D eigenvalue weighted by Crippen LogP contribution is 2.23. The van der Waals surface area contributed by atoms with Crippen molar-refractivity contribution in [3.05, 3.63) is 59.7 Å². The summed E-state index contributed by atoms with van der Waals surface area (Å²) in [5.74, 6) is 1.02. The molecule has 142 valence electrons. The van der Waals surface area contributed by atoms with Crippen LogP contribution in [0.4, 0.5) is 5.69 Å². The maximum absolute atomic E-state index is 12.9. The monoisotopic (exact) mass is 366 g/mol. The van der Waals surface area contributed by atoms with Crippen molar-refractivity contribution in [1.29, 1.82) is 0 Å². The second kappa shape index (κ2) is 8.71. The van der Waals surface area contributed by atoms with E-state index >= 15 is 0 Å². The number of hydrogen-bond donors (Lipinski definition) is 1. The molecule has 1 aliphatic rings. The molecule has 1 heterocycles. The Labute approximate surface area is 160 Å². The van der Waals surface area contributed by atoms with Crippen LogP contribution in [0.15, 0.2) is 48.5 Å². The van der Waals surface area contributed by atoms with Crippen LogP contribution in [0.3, 0.4) is 0 Å². The molecule has 0 unspecified atom stereocenters. The van der Waals surface area contributed by atoms with Gasteiger partial charge < -0.3 is 15.0 Å². The van der Waals surface area contributed by atoms with Gasteiger partial charge in [-0.15, -0.1) is 0 Å². The molecule has 0 spiro atoms. The fraction of sp³-hybridized carbons (Fsp3) is 0.364. The topological polar surface area (TPSA) is 58.6 Å². The van der Waals surface area contributed by atoms with Crippen molar-refractivity contribution in [2.75, 3.05) is 25.0 Å². The summed E-state index contributed by atoms with van der Waals surface area (Å²) in [5.41, 5.74) is 1.56. The van der Waals surface area contributed by atoms with Crippen molar-refractivity contribution in [3.63, 3.8) is 0 Å². The van der Waals surface area contributed by atoms with E-state index in [1.165, 1.54) is 0 Å². The second-order valence-electron chi connectivity index (χ2n) is 6.94. The molecule has 3 rings (SSSR count). The summed E-state index contributed by atoms with van der Waals surface area (Å²) in [5, 5.41) is 2.88. The lowest BCUT2D eigenvalue weighted by molar-refractivity contribution is 0.0698. The smallest absolute Gasteiger partial charge is 0.255 e. The first kappa shape index (κ1) is 19.0. The van der Waals surface area contributed by atoms with Crippen LogP contribution < -0.4 is 10.1 Å². The molecule has 0 aromatic heterocycles. The molecule has 0 atom stereocenters. The number of carbonyl (C=O) groups is 2. The van der Waals surface area contributed by atoms with Crippen molar-refractivity contribution in [2.45, 2.75) is 26.7 Å². The van der Waals surface area contributed by atoms with Gasteiger partial charge in [-0.2, -0.15) is 0 Å².